The molecule has 1 aromatic rings. The summed E-state index contributed by atoms with van der Waals surface area (Å²) < 4.78 is 6.17. The van der Waals surface area contributed by atoms with Gasteiger partial charge in [-0.2, -0.15) is 0 Å². The zero-order valence-electron chi connectivity index (χ0n) is 11.6. The van der Waals surface area contributed by atoms with Crippen molar-refractivity contribution in [2.24, 2.45) is 11.8 Å². The van der Waals surface area contributed by atoms with Crippen LogP contribution < -0.4 is 0 Å². The molecule has 1 unspecified atom stereocenters. The molecular weight excluding hydrogens is 222 g/mol. The van der Waals surface area contributed by atoms with Crippen molar-refractivity contribution in [2.75, 3.05) is 6.61 Å². The average molecular weight is 247 g/mol. The molecule has 100 valence electrons. The van der Waals surface area contributed by atoms with Crippen molar-refractivity contribution in [3.05, 3.63) is 30.1 Å². The van der Waals surface area contributed by atoms with E-state index in [-0.39, 0.29) is 6.10 Å². The molecule has 1 aromatic heterocycles. The molecule has 1 saturated carbocycles. The molecule has 0 N–H and O–H groups in total. The van der Waals surface area contributed by atoms with Crippen molar-refractivity contribution in [1.82, 2.24) is 4.98 Å². The largest absolute Gasteiger partial charge is 0.371 e. The fourth-order valence-corrected chi connectivity index (χ4v) is 2.74. The van der Waals surface area contributed by atoms with E-state index >= 15 is 0 Å². The minimum Gasteiger partial charge on any atom is -0.371 e. The summed E-state index contributed by atoms with van der Waals surface area (Å²) in [5, 5.41) is 0. The molecule has 0 aromatic carbocycles. The maximum atomic E-state index is 6.17. The van der Waals surface area contributed by atoms with E-state index < -0.39 is 0 Å². The highest BCUT2D eigenvalue weighted by Gasteiger charge is 2.26. The third-order valence-corrected chi connectivity index (χ3v) is 3.67. The quantitative estimate of drug-likeness (QED) is 0.770. The summed E-state index contributed by atoms with van der Waals surface area (Å²) >= 11 is 0. The zero-order valence-corrected chi connectivity index (χ0v) is 11.6. The summed E-state index contributed by atoms with van der Waals surface area (Å²) in [6.45, 7) is 5.24. The van der Waals surface area contributed by atoms with Crippen LogP contribution in [0, 0.1) is 11.8 Å². The molecule has 2 rings (SSSR count). The molecule has 1 aliphatic carbocycles. The van der Waals surface area contributed by atoms with Gasteiger partial charge in [0, 0.05) is 12.8 Å². The Labute approximate surface area is 111 Å². The zero-order chi connectivity index (χ0) is 12.8. The van der Waals surface area contributed by atoms with Crippen molar-refractivity contribution in [1.29, 1.82) is 0 Å². The maximum absolute atomic E-state index is 6.17. The Hall–Kier alpha value is -0.890. The van der Waals surface area contributed by atoms with Crippen LogP contribution in [0.1, 0.15) is 57.7 Å². The van der Waals surface area contributed by atoms with Crippen molar-refractivity contribution in [2.45, 2.75) is 52.1 Å². The Morgan fingerprint density at radius 2 is 2.00 bits per heavy atom. The Bertz CT molecular complexity index is 330. The molecule has 0 radical (unpaired) electrons. The van der Waals surface area contributed by atoms with Gasteiger partial charge in [0.25, 0.3) is 0 Å². The third kappa shape index (κ3) is 3.81. The fourth-order valence-electron chi connectivity index (χ4n) is 2.74. The lowest BCUT2D eigenvalue weighted by molar-refractivity contribution is -0.0166. The van der Waals surface area contributed by atoms with Crippen molar-refractivity contribution >= 4 is 0 Å². The van der Waals surface area contributed by atoms with E-state index in [1.807, 2.05) is 12.3 Å². The lowest BCUT2D eigenvalue weighted by Gasteiger charge is -2.30. The summed E-state index contributed by atoms with van der Waals surface area (Å²) in [4.78, 5) is 4.51. The van der Waals surface area contributed by atoms with Gasteiger partial charge in [-0.15, -0.1) is 0 Å². The predicted molar refractivity (Wildman–Crippen MR) is 74.3 cm³/mol. The van der Waals surface area contributed by atoms with E-state index in [0.717, 1.165) is 12.3 Å². The van der Waals surface area contributed by atoms with Gasteiger partial charge in [-0.05, 0) is 36.8 Å². The first kappa shape index (κ1) is 13.5. The molecule has 0 spiro atoms. The Balaban J connectivity index is 2.06. The number of ether oxygens (including phenoxy) is 1. The summed E-state index contributed by atoms with van der Waals surface area (Å²) in [6.07, 6.45) is 8.74. The van der Waals surface area contributed by atoms with E-state index in [4.69, 9.17) is 4.74 Å². The van der Waals surface area contributed by atoms with Gasteiger partial charge in [-0.3, -0.25) is 4.98 Å². The summed E-state index contributed by atoms with van der Waals surface area (Å²) in [5.41, 5.74) is 1.12. The van der Waals surface area contributed by atoms with Crippen LogP contribution in [-0.2, 0) is 4.74 Å². The Morgan fingerprint density at radius 3 is 2.61 bits per heavy atom. The minimum absolute atomic E-state index is 0.203. The first-order valence-corrected chi connectivity index (χ1v) is 7.30. The van der Waals surface area contributed by atoms with E-state index in [2.05, 4.69) is 31.0 Å². The monoisotopic (exact) mass is 247 g/mol. The van der Waals surface area contributed by atoms with Crippen molar-refractivity contribution < 1.29 is 4.74 Å². The van der Waals surface area contributed by atoms with Crippen molar-refractivity contribution in [3.63, 3.8) is 0 Å². The highest BCUT2D eigenvalue weighted by Crippen LogP contribution is 2.36. The summed E-state index contributed by atoms with van der Waals surface area (Å²) in [7, 11) is 0. The second kappa shape index (κ2) is 6.89. The predicted octanol–water partition coefficient (Wildman–Crippen LogP) is 4.38. The molecule has 1 atom stereocenters. The van der Waals surface area contributed by atoms with Crippen LogP contribution in [0.25, 0.3) is 0 Å². The number of hydrogen-bond acceptors (Lipinski definition) is 2. The first-order chi connectivity index (χ1) is 8.77. The smallest absolute Gasteiger partial charge is 0.102 e. The molecule has 1 heterocycles. The van der Waals surface area contributed by atoms with Crippen LogP contribution in [-0.4, -0.2) is 11.6 Å². The lowest BCUT2D eigenvalue weighted by atomic mass is 9.84. The van der Waals surface area contributed by atoms with Gasteiger partial charge in [-0.1, -0.05) is 39.2 Å². The molecule has 18 heavy (non-hydrogen) atoms. The maximum Gasteiger partial charge on any atom is 0.102 e. The molecule has 2 heteroatoms. The van der Waals surface area contributed by atoms with Gasteiger partial charge in [0.1, 0.15) is 6.10 Å². The number of aromatic nitrogens is 1. The molecule has 0 bridgehead atoms. The van der Waals surface area contributed by atoms with Gasteiger partial charge in [0.15, 0.2) is 0 Å². The topological polar surface area (TPSA) is 22.1 Å². The van der Waals surface area contributed by atoms with E-state index in [1.54, 1.807) is 0 Å². The third-order valence-electron chi connectivity index (χ3n) is 3.67. The molecule has 0 aliphatic heterocycles. The molecule has 1 aliphatic rings. The second-order valence-electron chi connectivity index (χ2n) is 5.80. The second-order valence-corrected chi connectivity index (χ2v) is 5.80. The van der Waals surface area contributed by atoms with Crippen LogP contribution in [0.3, 0.4) is 0 Å². The molecular formula is C16H25NO. The highest BCUT2D eigenvalue weighted by atomic mass is 16.5. The lowest BCUT2D eigenvalue weighted by Crippen LogP contribution is -2.21. The minimum atomic E-state index is 0.203. The number of hydrogen-bond donors (Lipinski definition) is 0. The Kier molecular flexibility index (Phi) is 5.18. The molecule has 0 saturated heterocycles. The Morgan fingerprint density at radius 1 is 1.22 bits per heavy atom. The van der Waals surface area contributed by atoms with Crippen molar-refractivity contribution in [3.8, 4) is 0 Å². The van der Waals surface area contributed by atoms with Crippen LogP contribution in [0.4, 0.5) is 0 Å². The van der Waals surface area contributed by atoms with Gasteiger partial charge in [-0.25, -0.2) is 0 Å². The molecule has 2 nitrogen and oxygen atoms in total. The van der Waals surface area contributed by atoms with Gasteiger partial charge in [0.2, 0.25) is 0 Å². The normalized spacial score (nSPS) is 19.1. The highest BCUT2D eigenvalue weighted by molar-refractivity contribution is 5.08. The molecule has 0 amide bonds. The fraction of sp³-hybridized carbons (Fsp3) is 0.688. The molecule has 1 fully saturated rings. The summed E-state index contributed by atoms with van der Waals surface area (Å²) in [6, 6.07) is 6.15. The number of rotatable bonds is 5. The van der Waals surface area contributed by atoms with Crippen LogP contribution in [0.2, 0.25) is 0 Å². The van der Waals surface area contributed by atoms with Gasteiger partial charge in [0.05, 0.1) is 5.69 Å². The average Bonchev–Trinajstić information content (AvgIpc) is 2.41. The first-order valence-electron chi connectivity index (χ1n) is 7.30. The van der Waals surface area contributed by atoms with Crippen LogP contribution in [0.5, 0.6) is 0 Å². The van der Waals surface area contributed by atoms with Crippen LogP contribution in [0.15, 0.2) is 24.4 Å². The SMILES string of the molecule is CC(C)COC(c1ccccn1)C1CCCCC1. The van der Waals surface area contributed by atoms with Gasteiger partial charge >= 0.3 is 0 Å². The number of nitrogens with zero attached hydrogens (tertiary/aromatic N) is 1. The van der Waals surface area contributed by atoms with Gasteiger partial charge < -0.3 is 4.74 Å². The van der Waals surface area contributed by atoms with E-state index in [1.165, 1.54) is 32.1 Å². The standard InChI is InChI=1S/C16H25NO/c1-13(2)12-18-16(14-8-4-3-5-9-14)15-10-6-7-11-17-15/h6-7,10-11,13-14,16H,3-5,8-9,12H2,1-2H3. The number of pyridine rings is 1. The summed E-state index contributed by atoms with van der Waals surface area (Å²) in [5.74, 6) is 1.24. The van der Waals surface area contributed by atoms with Crippen LogP contribution >= 0.6 is 0 Å². The van der Waals surface area contributed by atoms with E-state index in [0.29, 0.717) is 11.8 Å². The van der Waals surface area contributed by atoms with E-state index in [9.17, 15) is 0 Å².